The van der Waals surface area contributed by atoms with E-state index in [1.54, 1.807) is 0 Å². The van der Waals surface area contributed by atoms with Gasteiger partial charge in [-0.15, -0.1) is 0 Å². The molecule has 17 heavy (non-hydrogen) atoms. The molecule has 0 aliphatic carbocycles. The van der Waals surface area contributed by atoms with Crippen molar-refractivity contribution < 1.29 is 0 Å². The summed E-state index contributed by atoms with van der Waals surface area (Å²) in [5.74, 6) is 0. The van der Waals surface area contributed by atoms with E-state index in [-0.39, 0.29) is 0 Å². The zero-order chi connectivity index (χ0) is 14.4. The predicted molar refractivity (Wildman–Crippen MR) is 86.9 cm³/mol. The van der Waals surface area contributed by atoms with Crippen LogP contribution in [0.1, 0.15) is 113 Å². The van der Waals surface area contributed by atoms with Crippen LogP contribution in [-0.2, 0) is 0 Å². The average molecular weight is 247 g/mol. The molecule has 0 radical (unpaired) electrons. The van der Waals surface area contributed by atoms with Gasteiger partial charge in [0.1, 0.15) is 0 Å². The lowest BCUT2D eigenvalue weighted by Gasteiger charge is -1.86. The van der Waals surface area contributed by atoms with Crippen LogP contribution in [0.2, 0.25) is 0 Å². The summed E-state index contributed by atoms with van der Waals surface area (Å²) in [5.41, 5.74) is 0. The number of hydrogen-bond acceptors (Lipinski definition) is 0. The van der Waals surface area contributed by atoms with Crippen LogP contribution in [-0.4, -0.2) is 0 Å². The Kier molecular flexibility index (Phi) is 67.3. The molecule has 0 rings (SSSR count). The largest absolute Gasteiger partial charge is 0.0683 e. The van der Waals surface area contributed by atoms with Crippen LogP contribution >= 0.6 is 0 Å². The van der Waals surface area contributed by atoms with Gasteiger partial charge in [0.05, 0.1) is 0 Å². The van der Waals surface area contributed by atoms with Gasteiger partial charge in [-0.3, -0.25) is 0 Å². The topological polar surface area (TPSA) is 0 Å². The van der Waals surface area contributed by atoms with Gasteiger partial charge in [-0.1, -0.05) is 113 Å². The van der Waals surface area contributed by atoms with Crippen molar-refractivity contribution >= 4 is 0 Å². The van der Waals surface area contributed by atoms with Gasteiger partial charge in [0.2, 0.25) is 0 Å². The van der Waals surface area contributed by atoms with Crippen molar-refractivity contribution in [3.05, 3.63) is 0 Å². The molecule has 0 saturated heterocycles. The SMILES string of the molecule is CC.CCCC.CCCCC.CCCCCC. The van der Waals surface area contributed by atoms with E-state index in [1.165, 1.54) is 57.8 Å². The molecule has 0 heterocycles. The molecule has 0 aliphatic rings. The van der Waals surface area contributed by atoms with E-state index in [0.717, 1.165) is 0 Å². The molecule has 0 aromatic rings. The van der Waals surface area contributed by atoms with Gasteiger partial charge in [-0.05, 0) is 0 Å². The van der Waals surface area contributed by atoms with Crippen LogP contribution in [0.25, 0.3) is 0 Å². The Morgan fingerprint density at radius 1 is 0.353 bits per heavy atom. The van der Waals surface area contributed by atoms with Gasteiger partial charge in [0.15, 0.2) is 0 Å². The Balaban J connectivity index is -0.0000000705. The Hall–Kier alpha value is 0. The Labute approximate surface area is 114 Å². The normalized spacial score (nSPS) is 7.76. The van der Waals surface area contributed by atoms with Gasteiger partial charge in [-0.25, -0.2) is 0 Å². The van der Waals surface area contributed by atoms with E-state index in [1.807, 2.05) is 13.8 Å². The molecule has 0 amide bonds. The van der Waals surface area contributed by atoms with Crippen LogP contribution in [0.3, 0.4) is 0 Å². The minimum Gasteiger partial charge on any atom is -0.0683 e. The highest BCUT2D eigenvalue weighted by atomic mass is 13.8. The maximum atomic E-state index is 2.23. The molecule has 0 fully saturated rings. The van der Waals surface area contributed by atoms with Crippen LogP contribution < -0.4 is 0 Å². The van der Waals surface area contributed by atoms with Gasteiger partial charge in [0.25, 0.3) is 0 Å². The Bertz CT molecular complexity index is 49.1. The molecule has 0 aliphatic heterocycles. The van der Waals surface area contributed by atoms with Crippen molar-refractivity contribution in [1.82, 2.24) is 0 Å². The Morgan fingerprint density at radius 2 is 0.588 bits per heavy atom. The molecule has 0 bridgehead atoms. The second-order valence-electron chi connectivity index (χ2n) is 4.06. The molecule has 110 valence electrons. The molecule has 0 spiro atoms. The van der Waals surface area contributed by atoms with Gasteiger partial charge < -0.3 is 0 Å². The molecule has 0 heteroatoms. The smallest absolute Gasteiger partial charge is 0.0536 e. The molecule has 0 unspecified atom stereocenters. The monoisotopic (exact) mass is 246 g/mol. The standard InChI is InChI=1S/C6H14.C5H12.C4H10.C2H6/c1-3-5-6-4-2;1-3-5-4-2;1-3-4-2;1-2/h3-6H2,1-2H3;3-5H2,1-2H3;3-4H2,1-2H3;1-2H3. The first-order valence-electron chi connectivity index (χ1n) is 8.24. The number of unbranched alkanes of at least 4 members (excludes halogenated alkanes) is 6. The van der Waals surface area contributed by atoms with Crippen molar-refractivity contribution in [3.63, 3.8) is 0 Å². The summed E-state index contributed by atoms with van der Waals surface area (Å²) in [5, 5.41) is 0. The van der Waals surface area contributed by atoms with Crippen molar-refractivity contribution in [2.24, 2.45) is 0 Å². The summed E-state index contributed by atoms with van der Waals surface area (Å²) < 4.78 is 0. The minimum atomic E-state index is 1.32. The van der Waals surface area contributed by atoms with Crippen molar-refractivity contribution in [3.8, 4) is 0 Å². The third-order valence-corrected chi connectivity index (χ3v) is 2.16. The van der Waals surface area contributed by atoms with E-state index < -0.39 is 0 Å². The lowest BCUT2D eigenvalue weighted by molar-refractivity contribution is 0.702. The summed E-state index contributed by atoms with van der Waals surface area (Å²) in [6.45, 7) is 17.2. The van der Waals surface area contributed by atoms with Crippen LogP contribution in [0.15, 0.2) is 0 Å². The van der Waals surface area contributed by atoms with Crippen LogP contribution in [0.4, 0.5) is 0 Å². The maximum absolute atomic E-state index is 2.23. The minimum absolute atomic E-state index is 1.32. The average Bonchev–Trinajstić information content (AvgIpc) is 2.40. The van der Waals surface area contributed by atoms with Gasteiger partial charge in [0, 0.05) is 0 Å². The summed E-state index contributed by atoms with van der Waals surface area (Å²) in [4.78, 5) is 0. The van der Waals surface area contributed by atoms with E-state index in [2.05, 4.69) is 41.5 Å². The third-order valence-electron chi connectivity index (χ3n) is 2.16. The first kappa shape index (κ1) is 25.8. The summed E-state index contributed by atoms with van der Waals surface area (Å²) >= 11 is 0. The van der Waals surface area contributed by atoms with Crippen LogP contribution in [0.5, 0.6) is 0 Å². The zero-order valence-electron chi connectivity index (χ0n) is 14.4. The van der Waals surface area contributed by atoms with Gasteiger partial charge in [-0.2, -0.15) is 0 Å². The summed E-state index contributed by atoms with van der Waals surface area (Å²) in [6, 6.07) is 0. The van der Waals surface area contributed by atoms with Crippen molar-refractivity contribution in [2.45, 2.75) is 113 Å². The molecular formula is C17H42. The highest BCUT2D eigenvalue weighted by Gasteiger charge is 1.75. The lowest BCUT2D eigenvalue weighted by atomic mass is 10.2. The lowest BCUT2D eigenvalue weighted by Crippen LogP contribution is -1.66. The van der Waals surface area contributed by atoms with E-state index in [4.69, 9.17) is 0 Å². The van der Waals surface area contributed by atoms with E-state index in [9.17, 15) is 0 Å². The first-order valence-corrected chi connectivity index (χ1v) is 8.24. The fourth-order valence-electron chi connectivity index (χ4n) is 0.854. The van der Waals surface area contributed by atoms with Crippen molar-refractivity contribution in [2.75, 3.05) is 0 Å². The summed E-state index contributed by atoms with van der Waals surface area (Å²) in [6.07, 6.45) is 12.3. The highest BCUT2D eigenvalue weighted by molar-refractivity contribution is 4.31. The first-order chi connectivity index (χ1) is 8.24. The zero-order valence-corrected chi connectivity index (χ0v) is 14.4. The molecule has 0 saturated carbocycles. The fourth-order valence-corrected chi connectivity index (χ4v) is 0.854. The number of rotatable bonds is 6. The quantitative estimate of drug-likeness (QED) is 0.423. The van der Waals surface area contributed by atoms with E-state index in [0.29, 0.717) is 0 Å². The Morgan fingerprint density at radius 3 is 0.647 bits per heavy atom. The fraction of sp³-hybridized carbons (Fsp3) is 1.00. The second-order valence-corrected chi connectivity index (χ2v) is 4.06. The molecular weight excluding hydrogens is 204 g/mol. The molecule has 0 aromatic carbocycles. The van der Waals surface area contributed by atoms with E-state index >= 15 is 0 Å². The third kappa shape index (κ3) is 87.1. The highest BCUT2D eigenvalue weighted by Crippen LogP contribution is 1.95. The second kappa shape index (κ2) is 44.4. The van der Waals surface area contributed by atoms with Gasteiger partial charge >= 0.3 is 0 Å². The molecule has 0 atom stereocenters. The van der Waals surface area contributed by atoms with Crippen LogP contribution in [0, 0.1) is 0 Å². The molecule has 0 nitrogen and oxygen atoms in total. The summed E-state index contributed by atoms with van der Waals surface area (Å²) in [7, 11) is 0. The van der Waals surface area contributed by atoms with Crippen molar-refractivity contribution in [1.29, 1.82) is 0 Å². The molecule has 0 aromatic heterocycles. The number of hydrogen-bond donors (Lipinski definition) is 0. The molecule has 0 N–H and O–H groups in total. The predicted octanol–water partition coefficient (Wildman–Crippen LogP) is 7.62. The maximum Gasteiger partial charge on any atom is -0.0536 e.